The monoisotopic (exact) mass is 288 g/mol. The molecule has 0 atom stereocenters. The average Bonchev–Trinajstić information content (AvgIpc) is 2.94. The van der Waals surface area contributed by atoms with Crippen molar-refractivity contribution in [1.82, 2.24) is 4.98 Å². The van der Waals surface area contributed by atoms with Crippen molar-refractivity contribution in [2.45, 2.75) is 19.9 Å². The highest BCUT2D eigenvalue weighted by Gasteiger charge is 2.28. The first-order valence-electron chi connectivity index (χ1n) is 6.12. The van der Waals surface area contributed by atoms with Gasteiger partial charge in [-0.2, -0.15) is 0 Å². The maximum Gasteiger partial charge on any atom is 0.335 e. The minimum absolute atomic E-state index is 0.0202. The standard InChI is InChI=1S/C14H12N2O3S/c1-8-15-11(7-20-8)6-16-12-4-10(14(18)19)3-2-9(12)5-13(16)17/h2-4,7H,5-6H2,1H3,(H,18,19). The smallest absolute Gasteiger partial charge is 0.335 e. The maximum absolute atomic E-state index is 12.1. The topological polar surface area (TPSA) is 70.5 Å². The number of carboxylic acids is 1. The summed E-state index contributed by atoms with van der Waals surface area (Å²) < 4.78 is 0. The van der Waals surface area contributed by atoms with Crippen molar-refractivity contribution in [2.75, 3.05) is 4.90 Å². The molecule has 5 nitrogen and oxygen atoms in total. The van der Waals surface area contributed by atoms with E-state index in [0.29, 0.717) is 18.7 Å². The molecule has 1 aromatic carbocycles. The highest BCUT2D eigenvalue weighted by atomic mass is 32.1. The fraction of sp³-hybridized carbons (Fsp3) is 0.214. The summed E-state index contributed by atoms with van der Waals surface area (Å²) in [5.74, 6) is -1.01. The van der Waals surface area contributed by atoms with Crippen molar-refractivity contribution in [3.63, 3.8) is 0 Å². The lowest BCUT2D eigenvalue weighted by Crippen LogP contribution is -2.26. The Morgan fingerprint density at radius 3 is 2.95 bits per heavy atom. The summed E-state index contributed by atoms with van der Waals surface area (Å²) in [6.45, 7) is 2.30. The Morgan fingerprint density at radius 2 is 2.30 bits per heavy atom. The summed E-state index contributed by atoms with van der Waals surface area (Å²) in [7, 11) is 0. The third kappa shape index (κ3) is 2.18. The van der Waals surface area contributed by atoms with Crippen molar-refractivity contribution in [3.05, 3.63) is 45.4 Å². The lowest BCUT2D eigenvalue weighted by Gasteiger charge is -2.16. The summed E-state index contributed by atoms with van der Waals surface area (Å²) in [6, 6.07) is 4.80. The van der Waals surface area contributed by atoms with Crippen LogP contribution in [0.3, 0.4) is 0 Å². The van der Waals surface area contributed by atoms with Crippen LogP contribution in [0.15, 0.2) is 23.6 Å². The van der Waals surface area contributed by atoms with Gasteiger partial charge in [0.15, 0.2) is 0 Å². The van der Waals surface area contributed by atoms with Crippen molar-refractivity contribution in [1.29, 1.82) is 0 Å². The van der Waals surface area contributed by atoms with Gasteiger partial charge in [0.2, 0.25) is 5.91 Å². The van der Waals surface area contributed by atoms with Gasteiger partial charge in [0.1, 0.15) is 0 Å². The number of thiazole rings is 1. The minimum Gasteiger partial charge on any atom is -0.478 e. The molecular formula is C14H12N2O3S. The zero-order valence-corrected chi connectivity index (χ0v) is 11.6. The molecular weight excluding hydrogens is 276 g/mol. The number of carbonyl (C=O) groups excluding carboxylic acids is 1. The van der Waals surface area contributed by atoms with E-state index in [4.69, 9.17) is 5.11 Å². The van der Waals surface area contributed by atoms with Gasteiger partial charge in [-0.1, -0.05) is 6.07 Å². The van der Waals surface area contributed by atoms with Crippen LogP contribution in [-0.2, 0) is 17.8 Å². The summed E-state index contributed by atoms with van der Waals surface area (Å²) in [5.41, 5.74) is 2.57. The molecule has 6 heteroatoms. The Labute approximate surface area is 119 Å². The van der Waals surface area contributed by atoms with E-state index >= 15 is 0 Å². The molecule has 1 amide bonds. The lowest BCUT2D eigenvalue weighted by atomic mass is 10.1. The molecule has 1 aliphatic heterocycles. The number of nitrogens with zero attached hydrogens (tertiary/aromatic N) is 2. The number of carbonyl (C=O) groups is 2. The molecule has 0 saturated carbocycles. The lowest BCUT2D eigenvalue weighted by molar-refractivity contribution is -0.117. The van der Waals surface area contributed by atoms with Crippen LogP contribution in [0, 0.1) is 6.92 Å². The number of aromatic carboxylic acids is 1. The van der Waals surface area contributed by atoms with E-state index in [9.17, 15) is 9.59 Å². The number of amides is 1. The van der Waals surface area contributed by atoms with Gasteiger partial charge in [-0.15, -0.1) is 11.3 Å². The molecule has 0 saturated heterocycles. The van der Waals surface area contributed by atoms with E-state index in [2.05, 4.69) is 4.98 Å². The minimum atomic E-state index is -0.989. The molecule has 1 aliphatic rings. The van der Waals surface area contributed by atoms with Crippen LogP contribution in [0.5, 0.6) is 0 Å². The van der Waals surface area contributed by atoms with Crippen LogP contribution in [0.4, 0.5) is 5.69 Å². The van der Waals surface area contributed by atoms with Gasteiger partial charge in [-0.3, -0.25) is 4.79 Å². The van der Waals surface area contributed by atoms with Crippen LogP contribution in [-0.4, -0.2) is 22.0 Å². The number of rotatable bonds is 3. The third-order valence-electron chi connectivity index (χ3n) is 3.25. The highest BCUT2D eigenvalue weighted by Crippen LogP contribution is 2.31. The quantitative estimate of drug-likeness (QED) is 0.940. The number of carboxylic acid groups (broad SMARTS) is 1. The molecule has 0 spiro atoms. The van der Waals surface area contributed by atoms with E-state index in [-0.39, 0.29) is 11.5 Å². The average molecular weight is 288 g/mol. The van der Waals surface area contributed by atoms with Crippen LogP contribution in [0.2, 0.25) is 0 Å². The predicted octanol–water partition coefficient (Wildman–Crippen LogP) is 2.24. The van der Waals surface area contributed by atoms with E-state index < -0.39 is 5.97 Å². The summed E-state index contributed by atoms with van der Waals surface area (Å²) in [5, 5.41) is 11.9. The van der Waals surface area contributed by atoms with Crippen molar-refractivity contribution >= 4 is 28.9 Å². The summed E-state index contributed by atoms with van der Waals surface area (Å²) >= 11 is 1.54. The Kier molecular flexibility index (Phi) is 3.02. The number of benzene rings is 1. The van der Waals surface area contributed by atoms with E-state index in [1.54, 1.807) is 17.0 Å². The highest BCUT2D eigenvalue weighted by molar-refractivity contribution is 7.09. The second-order valence-corrected chi connectivity index (χ2v) is 5.73. The number of aromatic nitrogens is 1. The van der Waals surface area contributed by atoms with Gasteiger partial charge in [0, 0.05) is 11.1 Å². The molecule has 2 aromatic rings. The Hall–Kier alpha value is -2.21. The molecule has 20 heavy (non-hydrogen) atoms. The van der Waals surface area contributed by atoms with Gasteiger partial charge in [-0.25, -0.2) is 9.78 Å². The predicted molar refractivity (Wildman–Crippen MR) is 75.1 cm³/mol. The largest absolute Gasteiger partial charge is 0.478 e. The molecule has 1 N–H and O–H groups in total. The Balaban J connectivity index is 1.95. The van der Waals surface area contributed by atoms with Crippen molar-refractivity contribution in [2.24, 2.45) is 0 Å². The molecule has 0 fully saturated rings. The molecule has 3 rings (SSSR count). The number of hydrogen-bond donors (Lipinski definition) is 1. The van der Waals surface area contributed by atoms with E-state index in [1.165, 1.54) is 17.4 Å². The fourth-order valence-corrected chi connectivity index (χ4v) is 2.91. The number of anilines is 1. The number of aryl methyl sites for hydroxylation is 1. The first-order valence-corrected chi connectivity index (χ1v) is 7.00. The van der Waals surface area contributed by atoms with E-state index in [1.807, 2.05) is 12.3 Å². The molecule has 0 aliphatic carbocycles. The Morgan fingerprint density at radius 1 is 1.50 bits per heavy atom. The van der Waals surface area contributed by atoms with Gasteiger partial charge < -0.3 is 10.0 Å². The number of hydrogen-bond acceptors (Lipinski definition) is 4. The van der Waals surface area contributed by atoms with Crippen LogP contribution in [0.25, 0.3) is 0 Å². The summed E-state index contributed by atoms with van der Waals surface area (Å²) in [6.07, 6.45) is 0.318. The molecule has 0 unspecified atom stereocenters. The second-order valence-electron chi connectivity index (χ2n) is 4.66. The first-order chi connectivity index (χ1) is 9.54. The molecule has 0 radical (unpaired) electrons. The van der Waals surface area contributed by atoms with Gasteiger partial charge in [0.05, 0.1) is 29.2 Å². The van der Waals surface area contributed by atoms with Gasteiger partial charge in [-0.05, 0) is 24.6 Å². The molecule has 102 valence electrons. The first kappa shape index (κ1) is 12.8. The van der Waals surface area contributed by atoms with E-state index in [0.717, 1.165) is 16.3 Å². The normalized spacial score (nSPS) is 13.7. The Bertz CT molecular complexity index is 708. The molecule has 0 bridgehead atoms. The van der Waals surface area contributed by atoms with Gasteiger partial charge >= 0.3 is 5.97 Å². The van der Waals surface area contributed by atoms with Crippen molar-refractivity contribution < 1.29 is 14.7 Å². The molecule has 2 heterocycles. The maximum atomic E-state index is 12.1. The van der Waals surface area contributed by atoms with Crippen LogP contribution in [0.1, 0.15) is 26.6 Å². The number of fused-ring (bicyclic) bond motifs is 1. The fourth-order valence-electron chi connectivity index (χ4n) is 2.31. The van der Waals surface area contributed by atoms with Crippen LogP contribution >= 0.6 is 11.3 Å². The second kappa shape index (κ2) is 4.72. The third-order valence-corrected chi connectivity index (χ3v) is 4.07. The van der Waals surface area contributed by atoms with Crippen molar-refractivity contribution in [3.8, 4) is 0 Å². The zero-order chi connectivity index (χ0) is 14.3. The SMILES string of the molecule is Cc1nc(CN2C(=O)Cc3ccc(C(=O)O)cc32)cs1. The molecule has 1 aromatic heterocycles. The van der Waals surface area contributed by atoms with Crippen LogP contribution < -0.4 is 4.90 Å². The van der Waals surface area contributed by atoms with Gasteiger partial charge in [0.25, 0.3) is 0 Å². The summed E-state index contributed by atoms with van der Waals surface area (Å²) in [4.78, 5) is 29.1. The zero-order valence-electron chi connectivity index (χ0n) is 10.8.